The van der Waals surface area contributed by atoms with Gasteiger partial charge in [0.1, 0.15) is 11.5 Å². The molecule has 0 saturated heterocycles. The average Bonchev–Trinajstić information content (AvgIpc) is 2.96. The lowest BCUT2D eigenvalue weighted by Gasteiger charge is -2.30. The van der Waals surface area contributed by atoms with Crippen LogP contribution in [0.25, 0.3) is 0 Å². The number of hydrogen-bond acceptors (Lipinski definition) is 4. The number of ether oxygens (including phenoxy) is 3. The molecule has 1 aliphatic heterocycles. The summed E-state index contributed by atoms with van der Waals surface area (Å²) in [6.45, 7) is 0. The summed E-state index contributed by atoms with van der Waals surface area (Å²) >= 11 is 0. The fraction of sp³-hybridized carbons (Fsp3) is 0.0952. The van der Waals surface area contributed by atoms with E-state index in [1.54, 1.807) is 37.4 Å². The molecule has 124 valence electrons. The van der Waals surface area contributed by atoms with Crippen molar-refractivity contribution in [1.82, 2.24) is 0 Å². The predicted molar refractivity (Wildman–Crippen MR) is 92.7 cm³/mol. The van der Waals surface area contributed by atoms with E-state index < -0.39 is 11.8 Å². The number of rotatable bonds is 4. The molecule has 0 radical (unpaired) electrons. The van der Waals surface area contributed by atoms with E-state index in [1.165, 1.54) is 0 Å². The largest absolute Gasteiger partial charge is 0.497 e. The van der Waals surface area contributed by atoms with Crippen LogP contribution in [0.1, 0.15) is 21.5 Å². The average molecular weight is 332 g/mol. The standard InChI is InChI=1S/C21H16O4/c1-23-16-11-13-17(14-12-16)24-21(15-7-3-2-4-8-15)19-10-6-5-9-18(19)20(22)25-21/h2-14H,1H3. The molecule has 0 fully saturated rings. The van der Waals surface area contributed by atoms with Gasteiger partial charge in [0, 0.05) is 5.56 Å². The number of cyclic esters (lactones) is 1. The van der Waals surface area contributed by atoms with Crippen LogP contribution in [0, 0.1) is 0 Å². The topological polar surface area (TPSA) is 44.8 Å². The molecule has 3 aromatic carbocycles. The zero-order valence-electron chi connectivity index (χ0n) is 13.6. The van der Waals surface area contributed by atoms with Crippen molar-refractivity contribution in [2.75, 3.05) is 7.11 Å². The molecule has 4 nitrogen and oxygen atoms in total. The Balaban J connectivity index is 1.85. The summed E-state index contributed by atoms with van der Waals surface area (Å²) in [7, 11) is 1.61. The third-order valence-corrected chi connectivity index (χ3v) is 4.21. The summed E-state index contributed by atoms with van der Waals surface area (Å²) in [4.78, 5) is 12.4. The first-order chi connectivity index (χ1) is 12.2. The van der Waals surface area contributed by atoms with Crippen LogP contribution in [0.5, 0.6) is 11.5 Å². The van der Waals surface area contributed by atoms with E-state index in [2.05, 4.69) is 0 Å². The van der Waals surface area contributed by atoms with Crippen LogP contribution in [0.2, 0.25) is 0 Å². The third-order valence-electron chi connectivity index (χ3n) is 4.21. The van der Waals surface area contributed by atoms with E-state index in [0.29, 0.717) is 16.9 Å². The molecule has 1 unspecified atom stereocenters. The van der Waals surface area contributed by atoms with Crippen LogP contribution < -0.4 is 9.47 Å². The van der Waals surface area contributed by atoms with Crippen molar-refractivity contribution in [2.45, 2.75) is 5.79 Å². The van der Waals surface area contributed by atoms with Crippen LogP contribution >= 0.6 is 0 Å². The van der Waals surface area contributed by atoms with Gasteiger partial charge in [0.25, 0.3) is 0 Å². The highest BCUT2D eigenvalue weighted by Crippen LogP contribution is 2.43. The molecule has 0 aromatic heterocycles. The maximum atomic E-state index is 12.4. The van der Waals surface area contributed by atoms with Crippen LogP contribution in [-0.2, 0) is 10.5 Å². The minimum Gasteiger partial charge on any atom is -0.497 e. The SMILES string of the molecule is COc1ccc(OC2(c3ccccc3)OC(=O)c3ccccc32)cc1. The highest BCUT2D eigenvalue weighted by molar-refractivity contribution is 5.95. The van der Waals surface area contributed by atoms with E-state index >= 15 is 0 Å². The molecule has 25 heavy (non-hydrogen) atoms. The maximum absolute atomic E-state index is 12.4. The molecule has 4 heteroatoms. The number of hydrogen-bond donors (Lipinski definition) is 0. The summed E-state index contributed by atoms with van der Waals surface area (Å²) in [5, 5.41) is 0. The van der Waals surface area contributed by atoms with Crippen LogP contribution in [-0.4, -0.2) is 13.1 Å². The van der Waals surface area contributed by atoms with Crippen molar-refractivity contribution in [3.8, 4) is 11.5 Å². The lowest BCUT2D eigenvalue weighted by atomic mass is 9.95. The Morgan fingerprint density at radius 2 is 1.44 bits per heavy atom. The summed E-state index contributed by atoms with van der Waals surface area (Å²) in [6.07, 6.45) is 0. The van der Waals surface area contributed by atoms with Gasteiger partial charge in [-0.15, -0.1) is 0 Å². The van der Waals surface area contributed by atoms with Crippen LogP contribution in [0.4, 0.5) is 0 Å². The maximum Gasteiger partial charge on any atom is 0.342 e. The molecule has 1 aliphatic rings. The Morgan fingerprint density at radius 3 is 2.16 bits per heavy atom. The molecule has 1 atom stereocenters. The monoisotopic (exact) mass is 332 g/mol. The molecule has 3 aromatic rings. The Morgan fingerprint density at radius 1 is 0.800 bits per heavy atom. The molecular weight excluding hydrogens is 316 g/mol. The van der Waals surface area contributed by atoms with Gasteiger partial charge in [0.15, 0.2) is 0 Å². The second kappa shape index (κ2) is 5.98. The molecule has 0 amide bonds. The lowest BCUT2D eigenvalue weighted by Crippen LogP contribution is -2.34. The van der Waals surface area contributed by atoms with Crippen molar-refractivity contribution >= 4 is 5.97 Å². The summed E-state index contributed by atoms with van der Waals surface area (Å²) in [5.74, 6) is -0.393. The van der Waals surface area contributed by atoms with Crippen LogP contribution in [0.3, 0.4) is 0 Å². The Bertz CT molecular complexity index is 903. The molecular formula is C21H16O4. The molecule has 0 bridgehead atoms. The minimum absolute atomic E-state index is 0.395. The highest BCUT2D eigenvalue weighted by Gasteiger charge is 2.49. The van der Waals surface area contributed by atoms with Gasteiger partial charge in [0.05, 0.1) is 18.2 Å². The molecule has 0 spiro atoms. The second-order valence-electron chi connectivity index (χ2n) is 5.70. The van der Waals surface area contributed by atoms with E-state index in [-0.39, 0.29) is 0 Å². The number of esters is 1. The van der Waals surface area contributed by atoms with Gasteiger partial charge in [-0.3, -0.25) is 0 Å². The highest BCUT2D eigenvalue weighted by atomic mass is 16.7. The Kier molecular flexibility index (Phi) is 3.65. The van der Waals surface area contributed by atoms with Gasteiger partial charge >= 0.3 is 11.8 Å². The Labute approximate surface area is 145 Å². The van der Waals surface area contributed by atoms with E-state index in [9.17, 15) is 4.79 Å². The fourth-order valence-corrected chi connectivity index (χ4v) is 3.01. The van der Waals surface area contributed by atoms with E-state index in [1.807, 2.05) is 48.5 Å². The zero-order chi connectivity index (χ0) is 17.3. The van der Waals surface area contributed by atoms with Gasteiger partial charge in [-0.1, -0.05) is 42.5 Å². The first-order valence-electron chi connectivity index (χ1n) is 7.94. The first-order valence-corrected chi connectivity index (χ1v) is 7.94. The van der Waals surface area contributed by atoms with Crippen molar-refractivity contribution in [1.29, 1.82) is 0 Å². The van der Waals surface area contributed by atoms with Crippen molar-refractivity contribution in [3.63, 3.8) is 0 Å². The molecule has 4 rings (SSSR count). The van der Waals surface area contributed by atoms with Gasteiger partial charge in [-0.25, -0.2) is 4.79 Å². The van der Waals surface area contributed by atoms with Crippen molar-refractivity contribution in [3.05, 3.63) is 95.6 Å². The molecule has 0 saturated carbocycles. The second-order valence-corrected chi connectivity index (χ2v) is 5.70. The number of benzene rings is 3. The normalized spacial score (nSPS) is 18.4. The Hall–Kier alpha value is -3.27. The fourth-order valence-electron chi connectivity index (χ4n) is 3.01. The van der Waals surface area contributed by atoms with Crippen molar-refractivity contribution in [2.24, 2.45) is 0 Å². The number of methoxy groups -OCH3 is 1. The quantitative estimate of drug-likeness (QED) is 0.674. The number of fused-ring (bicyclic) bond motifs is 1. The summed E-state index contributed by atoms with van der Waals surface area (Å²) in [6, 6.07) is 23.9. The van der Waals surface area contributed by atoms with E-state index in [0.717, 1.165) is 11.3 Å². The van der Waals surface area contributed by atoms with Gasteiger partial charge in [-0.2, -0.15) is 0 Å². The summed E-state index contributed by atoms with van der Waals surface area (Å²) < 4.78 is 17.2. The van der Waals surface area contributed by atoms with E-state index in [4.69, 9.17) is 14.2 Å². The van der Waals surface area contributed by atoms with Crippen LogP contribution in [0.15, 0.2) is 78.9 Å². The smallest absolute Gasteiger partial charge is 0.342 e. The predicted octanol–water partition coefficient (Wildman–Crippen LogP) is 4.15. The summed E-state index contributed by atoms with van der Waals surface area (Å²) in [5.41, 5.74) is 1.96. The van der Waals surface area contributed by atoms with Gasteiger partial charge < -0.3 is 14.2 Å². The molecule has 0 N–H and O–H groups in total. The minimum atomic E-state index is -1.30. The lowest BCUT2D eigenvalue weighted by molar-refractivity contribution is -0.108. The third kappa shape index (κ3) is 2.52. The first kappa shape index (κ1) is 15.3. The molecule has 1 heterocycles. The number of carbonyl (C=O) groups excluding carboxylic acids is 1. The van der Waals surface area contributed by atoms with Gasteiger partial charge in [0.2, 0.25) is 0 Å². The van der Waals surface area contributed by atoms with Gasteiger partial charge in [-0.05, 0) is 36.4 Å². The van der Waals surface area contributed by atoms with Crippen molar-refractivity contribution < 1.29 is 19.0 Å². The number of carbonyl (C=O) groups is 1. The zero-order valence-corrected chi connectivity index (χ0v) is 13.6. The molecule has 0 aliphatic carbocycles.